The third-order valence-corrected chi connectivity index (χ3v) is 0.604. The van der Waals surface area contributed by atoms with E-state index in [2.05, 4.69) is 13.8 Å². The van der Waals surface area contributed by atoms with Crippen molar-refractivity contribution < 1.29 is 0 Å². The molecule has 0 amide bonds. The van der Waals surface area contributed by atoms with Gasteiger partial charge in [-0.2, -0.15) is 0 Å². The normalized spacial score (nSPS) is 7.00. The predicted molar refractivity (Wildman–Crippen MR) is 33.4 cm³/mol. The molecule has 3 radical (unpaired) electrons. The van der Waals surface area contributed by atoms with E-state index in [-0.39, 0.29) is 27.3 Å². The molecule has 0 aliphatic rings. The second kappa shape index (κ2) is 9.33. The molecule has 6 heavy (non-hydrogen) atoms. The van der Waals surface area contributed by atoms with E-state index in [0.29, 0.717) is 0 Å². The number of unbranched alkanes of at least 4 members (excludes halogenated alkanes) is 2. The average Bonchev–Trinajstić information content (AvgIpc) is 1.41. The fourth-order valence-electron chi connectivity index (χ4n) is 0.250. The van der Waals surface area contributed by atoms with Crippen LogP contribution in [0.2, 0.25) is 0 Å². The van der Waals surface area contributed by atoms with Gasteiger partial charge in [-0.1, -0.05) is 33.1 Å². The van der Waals surface area contributed by atoms with Gasteiger partial charge in [0.15, 0.2) is 0 Å². The molecule has 0 aromatic heterocycles. The molecule has 0 aliphatic heterocycles. The first-order valence-electron chi connectivity index (χ1n) is 2.21. The zero-order valence-electron chi connectivity index (χ0n) is 4.54. The van der Waals surface area contributed by atoms with Crippen LogP contribution >= 0.6 is 0 Å². The van der Waals surface area contributed by atoms with Crippen LogP contribution in [0.25, 0.3) is 0 Å². The monoisotopic (exact) mass is 281 g/mol. The van der Waals surface area contributed by atoms with E-state index >= 15 is 0 Å². The summed E-state index contributed by atoms with van der Waals surface area (Å²) in [6.45, 7) is 5.85. The molecule has 0 aromatic carbocycles. The molecule has 0 unspecified atom stereocenters. The van der Waals surface area contributed by atoms with Crippen molar-refractivity contribution in [3.8, 4) is 0 Å². The molecule has 0 aromatic rings. The quantitative estimate of drug-likeness (QED) is 0.664. The first-order chi connectivity index (χ1) is 2.41. The zero-order valence-corrected chi connectivity index (χ0v) is 10.0. The fourth-order valence-corrected chi connectivity index (χ4v) is 0.250. The molecule has 0 bridgehead atoms. The number of hydrogen-bond acceptors (Lipinski definition) is 0. The van der Waals surface area contributed by atoms with Crippen molar-refractivity contribution >= 4 is 27.3 Å². The minimum absolute atomic E-state index is 0. The van der Waals surface area contributed by atoms with Gasteiger partial charge in [0, 0.05) is 0 Å². The molecule has 0 heterocycles. The van der Waals surface area contributed by atoms with Crippen molar-refractivity contribution in [1.29, 1.82) is 0 Å². The topological polar surface area (TPSA) is 0 Å². The summed E-state index contributed by atoms with van der Waals surface area (Å²) in [7, 11) is 0. The van der Waals surface area contributed by atoms with Crippen LogP contribution in [-0.2, 0) is 0 Å². The Morgan fingerprint density at radius 2 is 2.00 bits per heavy atom. The predicted octanol–water partition coefficient (Wildman–Crippen LogP) is 1.09. The van der Waals surface area contributed by atoms with E-state index in [1.54, 1.807) is 0 Å². The summed E-state index contributed by atoms with van der Waals surface area (Å²) in [5.74, 6) is 0. The third-order valence-electron chi connectivity index (χ3n) is 0.604. The van der Waals surface area contributed by atoms with E-state index in [1.165, 1.54) is 12.8 Å². The fraction of sp³-hybridized carbons (Fsp3) is 0.800. The summed E-state index contributed by atoms with van der Waals surface area (Å²) in [4.78, 5) is 0. The number of hydrogen-bond donors (Lipinski definition) is 0. The summed E-state index contributed by atoms with van der Waals surface area (Å²) in [6, 6.07) is 0. The summed E-state index contributed by atoms with van der Waals surface area (Å²) in [6.07, 6.45) is 3.65. The van der Waals surface area contributed by atoms with E-state index in [0.717, 1.165) is 6.42 Å². The van der Waals surface area contributed by atoms with Crippen molar-refractivity contribution in [3.05, 3.63) is 6.92 Å². The summed E-state index contributed by atoms with van der Waals surface area (Å²) >= 11 is 0. The van der Waals surface area contributed by atoms with Crippen LogP contribution in [0.1, 0.15) is 26.2 Å². The molecule has 0 fully saturated rings. The van der Waals surface area contributed by atoms with Crippen molar-refractivity contribution in [3.63, 3.8) is 0 Å². The maximum absolute atomic E-state index is 3.68. The van der Waals surface area contributed by atoms with E-state index < -0.39 is 0 Å². The van der Waals surface area contributed by atoms with Gasteiger partial charge in [-0.05, 0) is 0 Å². The molecule has 0 saturated carbocycles. The number of rotatable bonds is 2. The summed E-state index contributed by atoms with van der Waals surface area (Å²) in [5, 5.41) is 0. The molecular weight excluding hydrogens is 267 g/mol. The third kappa shape index (κ3) is 8.87. The first kappa shape index (κ1) is 10.0. The van der Waals surface area contributed by atoms with Crippen molar-refractivity contribution in [1.82, 2.24) is 0 Å². The molecule has 0 spiro atoms. The van der Waals surface area contributed by atoms with Crippen LogP contribution in [0.5, 0.6) is 0 Å². The minimum atomic E-state index is 0. The Morgan fingerprint density at radius 1 is 1.50 bits per heavy atom. The Kier molecular flexibility index (Phi) is 15.6. The average molecular weight is 280 g/mol. The van der Waals surface area contributed by atoms with E-state index in [9.17, 15) is 0 Å². The van der Waals surface area contributed by atoms with Gasteiger partial charge in [-0.3, -0.25) is 0 Å². The summed E-state index contributed by atoms with van der Waals surface area (Å²) < 4.78 is 0. The van der Waals surface area contributed by atoms with Crippen molar-refractivity contribution in [2.45, 2.75) is 26.2 Å². The van der Waals surface area contributed by atoms with Crippen molar-refractivity contribution in [2.75, 3.05) is 0 Å². The Morgan fingerprint density at radius 3 is 2.00 bits per heavy atom. The van der Waals surface area contributed by atoms with E-state index in [4.69, 9.17) is 0 Å². The van der Waals surface area contributed by atoms with Gasteiger partial charge in [0.1, 0.15) is 0 Å². The summed E-state index contributed by atoms with van der Waals surface area (Å²) in [5.41, 5.74) is 0. The molecular formula is C5H13Pb. The second-order valence-electron chi connectivity index (χ2n) is 1.21. The first-order valence-corrected chi connectivity index (χ1v) is 2.21. The molecule has 0 saturated heterocycles. The Bertz CT molecular complexity index is 11.4. The standard InChI is InChI=1S/C5H11.Pb.2H/c1-3-5-4-2;;;/h1,3-5H2,2H3;;;. The molecule has 0 atom stereocenters. The van der Waals surface area contributed by atoms with Crippen LogP contribution in [0.4, 0.5) is 0 Å². The second-order valence-corrected chi connectivity index (χ2v) is 1.21. The van der Waals surface area contributed by atoms with Gasteiger partial charge in [-0.15, -0.1) is 0 Å². The molecule has 37 valence electrons. The Balaban J connectivity index is 0. The zero-order chi connectivity index (χ0) is 4.12. The Labute approximate surface area is 60.5 Å². The molecule has 0 rings (SSSR count). The van der Waals surface area contributed by atoms with Gasteiger partial charge in [0.25, 0.3) is 0 Å². The molecule has 0 nitrogen and oxygen atoms in total. The van der Waals surface area contributed by atoms with Crippen LogP contribution in [0, 0.1) is 6.92 Å². The van der Waals surface area contributed by atoms with Crippen molar-refractivity contribution in [2.24, 2.45) is 0 Å². The van der Waals surface area contributed by atoms with Gasteiger partial charge in [0.2, 0.25) is 0 Å². The Hall–Kier alpha value is 0.922. The molecule has 0 N–H and O–H groups in total. The van der Waals surface area contributed by atoms with Crippen LogP contribution in [-0.4, -0.2) is 27.3 Å². The van der Waals surface area contributed by atoms with Gasteiger partial charge < -0.3 is 0 Å². The van der Waals surface area contributed by atoms with Gasteiger partial charge >= 0.3 is 27.3 Å². The van der Waals surface area contributed by atoms with Crippen LogP contribution in [0.3, 0.4) is 0 Å². The maximum atomic E-state index is 3.68. The molecule has 0 aliphatic carbocycles. The van der Waals surface area contributed by atoms with E-state index in [1.807, 2.05) is 0 Å². The van der Waals surface area contributed by atoms with Gasteiger partial charge in [-0.25, -0.2) is 0 Å². The van der Waals surface area contributed by atoms with Gasteiger partial charge in [0.05, 0.1) is 0 Å². The van der Waals surface area contributed by atoms with Crippen LogP contribution < -0.4 is 0 Å². The molecule has 1 heteroatoms. The SMILES string of the molecule is [CH2]CCCC.[PbH2]. The van der Waals surface area contributed by atoms with Crippen LogP contribution in [0.15, 0.2) is 0 Å².